The van der Waals surface area contributed by atoms with E-state index in [0.717, 1.165) is 47.3 Å². The van der Waals surface area contributed by atoms with Crippen LogP contribution < -0.4 is 5.56 Å². The first-order valence-electron chi connectivity index (χ1n) is 12.6. The number of fused-ring (bicyclic) bond motifs is 2. The molecule has 1 aliphatic rings. The van der Waals surface area contributed by atoms with Gasteiger partial charge in [-0.25, -0.2) is 9.67 Å². The fourth-order valence-electron chi connectivity index (χ4n) is 5.15. The molecule has 0 unspecified atom stereocenters. The van der Waals surface area contributed by atoms with Crippen molar-refractivity contribution < 1.29 is 4.79 Å². The predicted octanol–water partition coefficient (Wildman–Crippen LogP) is 4.75. The second-order valence-electron chi connectivity index (χ2n) is 9.50. The Morgan fingerprint density at radius 3 is 2.54 bits per heavy atom. The van der Waals surface area contributed by atoms with Gasteiger partial charge in [-0.3, -0.25) is 9.59 Å². The van der Waals surface area contributed by atoms with Gasteiger partial charge in [-0.15, -0.1) is 0 Å². The summed E-state index contributed by atoms with van der Waals surface area (Å²) in [6.45, 7) is 2.60. The van der Waals surface area contributed by atoms with Crippen LogP contribution in [0.3, 0.4) is 0 Å². The maximum atomic E-state index is 14.1. The molecule has 6 rings (SSSR count). The third-order valence-electron chi connectivity index (χ3n) is 6.98. The maximum Gasteiger partial charge on any atom is 0.275 e. The van der Waals surface area contributed by atoms with Gasteiger partial charge >= 0.3 is 0 Å². The highest BCUT2D eigenvalue weighted by atomic mass is 16.2. The Morgan fingerprint density at radius 2 is 1.70 bits per heavy atom. The van der Waals surface area contributed by atoms with Crippen LogP contribution in [0.15, 0.2) is 83.7 Å². The van der Waals surface area contributed by atoms with Crippen molar-refractivity contribution in [3.63, 3.8) is 0 Å². The van der Waals surface area contributed by atoms with Crippen LogP contribution in [-0.4, -0.2) is 30.6 Å². The van der Waals surface area contributed by atoms with Gasteiger partial charge in [0.1, 0.15) is 5.82 Å². The van der Waals surface area contributed by atoms with E-state index in [9.17, 15) is 9.59 Å². The third kappa shape index (κ3) is 4.33. The number of hydrogen-bond acceptors (Lipinski definition) is 4. The Morgan fingerprint density at radius 1 is 0.946 bits per heavy atom. The summed E-state index contributed by atoms with van der Waals surface area (Å²) in [5.74, 6) is 0.285. The highest BCUT2D eigenvalue weighted by Gasteiger charge is 2.30. The van der Waals surface area contributed by atoms with Crippen molar-refractivity contribution in [1.29, 1.82) is 0 Å². The number of nitrogens with one attached hydrogen (secondary N) is 1. The minimum atomic E-state index is -0.211. The van der Waals surface area contributed by atoms with Crippen LogP contribution in [0.2, 0.25) is 0 Å². The lowest BCUT2D eigenvalue weighted by Gasteiger charge is -2.22. The highest BCUT2D eigenvalue weighted by molar-refractivity contribution is 5.94. The van der Waals surface area contributed by atoms with Gasteiger partial charge in [0.2, 0.25) is 0 Å². The Balaban J connectivity index is 1.41. The van der Waals surface area contributed by atoms with Crippen molar-refractivity contribution >= 4 is 16.8 Å². The second-order valence-corrected chi connectivity index (χ2v) is 9.50. The number of H-pyrrole nitrogens is 1. The normalized spacial score (nSPS) is 12.6. The van der Waals surface area contributed by atoms with Crippen LogP contribution in [0.4, 0.5) is 0 Å². The number of benzene rings is 3. The molecule has 0 saturated heterocycles. The van der Waals surface area contributed by atoms with E-state index < -0.39 is 0 Å². The lowest BCUT2D eigenvalue weighted by molar-refractivity contribution is 0.0718. The molecule has 1 aliphatic carbocycles. The first-order chi connectivity index (χ1) is 18.1. The third-order valence-corrected chi connectivity index (χ3v) is 6.98. The number of hydrogen-bond donors (Lipinski definition) is 1. The molecule has 1 amide bonds. The molecule has 37 heavy (non-hydrogen) atoms. The van der Waals surface area contributed by atoms with Gasteiger partial charge in [0.15, 0.2) is 5.69 Å². The smallest absolute Gasteiger partial charge is 0.275 e. The average Bonchev–Trinajstić information content (AvgIpc) is 3.52. The molecule has 0 bridgehead atoms. The van der Waals surface area contributed by atoms with Gasteiger partial charge in [-0.2, -0.15) is 5.10 Å². The average molecular weight is 490 g/mol. The van der Waals surface area contributed by atoms with Crippen LogP contribution in [0.1, 0.15) is 45.1 Å². The van der Waals surface area contributed by atoms with Crippen molar-refractivity contribution in [2.24, 2.45) is 0 Å². The van der Waals surface area contributed by atoms with E-state index in [0.29, 0.717) is 29.0 Å². The van der Waals surface area contributed by atoms with Crippen molar-refractivity contribution in [1.82, 2.24) is 24.6 Å². The first kappa shape index (κ1) is 22.9. The van der Waals surface area contributed by atoms with Crippen LogP contribution in [0, 0.1) is 6.92 Å². The van der Waals surface area contributed by atoms with E-state index in [1.807, 2.05) is 71.4 Å². The summed E-state index contributed by atoms with van der Waals surface area (Å²) in [5, 5.41) is 5.40. The van der Waals surface area contributed by atoms with Crippen LogP contribution in [0.25, 0.3) is 16.6 Å². The number of para-hydroxylation sites is 2. The van der Waals surface area contributed by atoms with Gasteiger partial charge in [0.25, 0.3) is 11.5 Å². The van der Waals surface area contributed by atoms with Gasteiger partial charge in [-0.05, 0) is 55.5 Å². The molecule has 7 nitrogen and oxygen atoms in total. The SMILES string of the molecule is Cc1ccccc1-n1nc(C(=O)N(Cc2ccccc2)Cc2nc3ccccc3c(=O)[nH]2)c2c1CCC2. The Hall–Kier alpha value is -4.52. The summed E-state index contributed by atoms with van der Waals surface area (Å²) in [5.41, 5.74) is 6.10. The summed E-state index contributed by atoms with van der Waals surface area (Å²) in [7, 11) is 0. The quantitative estimate of drug-likeness (QED) is 0.373. The molecule has 2 aromatic heterocycles. The molecule has 0 saturated carbocycles. The van der Waals surface area contributed by atoms with Gasteiger partial charge in [0, 0.05) is 17.8 Å². The summed E-state index contributed by atoms with van der Waals surface area (Å²) >= 11 is 0. The molecule has 2 heterocycles. The molecule has 5 aromatic rings. The van der Waals surface area contributed by atoms with Crippen molar-refractivity contribution in [2.45, 2.75) is 39.3 Å². The van der Waals surface area contributed by atoms with Gasteiger partial charge in [-0.1, -0.05) is 60.7 Å². The molecule has 1 N–H and O–H groups in total. The first-order valence-corrected chi connectivity index (χ1v) is 12.6. The van der Waals surface area contributed by atoms with Crippen molar-refractivity contribution in [2.75, 3.05) is 0 Å². The van der Waals surface area contributed by atoms with E-state index >= 15 is 0 Å². The molecule has 0 atom stereocenters. The molecule has 184 valence electrons. The zero-order valence-electron chi connectivity index (χ0n) is 20.6. The van der Waals surface area contributed by atoms with Gasteiger partial charge < -0.3 is 9.88 Å². The number of aromatic amines is 1. The molecular weight excluding hydrogens is 462 g/mol. The number of nitrogens with zero attached hydrogens (tertiary/aromatic N) is 4. The monoisotopic (exact) mass is 489 g/mol. The summed E-state index contributed by atoms with van der Waals surface area (Å²) < 4.78 is 1.95. The highest BCUT2D eigenvalue weighted by Crippen LogP contribution is 2.30. The lowest BCUT2D eigenvalue weighted by Crippen LogP contribution is -2.32. The van der Waals surface area contributed by atoms with E-state index in [-0.39, 0.29) is 18.0 Å². The van der Waals surface area contributed by atoms with Crippen LogP contribution >= 0.6 is 0 Å². The fourth-order valence-corrected chi connectivity index (χ4v) is 5.15. The van der Waals surface area contributed by atoms with E-state index in [1.54, 1.807) is 11.0 Å². The standard InChI is InChI=1S/C30H27N5O2/c1-20-10-5-8-16-25(20)35-26-17-9-14-23(26)28(33-35)30(37)34(18-21-11-3-2-4-12-21)19-27-31-24-15-7-6-13-22(24)29(36)32-27/h2-8,10-13,15-16H,9,14,17-19H2,1H3,(H,31,32,36). The zero-order valence-corrected chi connectivity index (χ0v) is 20.6. The number of aryl methyl sites for hydroxylation is 1. The predicted molar refractivity (Wildman–Crippen MR) is 143 cm³/mol. The van der Waals surface area contributed by atoms with Crippen LogP contribution in [-0.2, 0) is 25.9 Å². The molecule has 7 heteroatoms. The second kappa shape index (κ2) is 9.50. The molecule has 0 radical (unpaired) electrons. The Bertz CT molecular complexity index is 1670. The fraction of sp³-hybridized carbons (Fsp3) is 0.200. The number of rotatable bonds is 6. The number of amides is 1. The van der Waals surface area contributed by atoms with Gasteiger partial charge in [0.05, 0.1) is 23.1 Å². The molecule has 0 spiro atoms. The summed E-state index contributed by atoms with van der Waals surface area (Å²) in [6, 6.07) is 25.2. The van der Waals surface area contributed by atoms with Crippen LogP contribution in [0.5, 0.6) is 0 Å². The largest absolute Gasteiger partial charge is 0.325 e. The molecule has 3 aromatic carbocycles. The summed E-state index contributed by atoms with van der Waals surface area (Å²) in [4.78, 5) is 36.1. The lowest BCUT2D eigenvalue weighted by atomic mass is 10.1. The maximum absolute atomic E-state index is 14.1. The van der Waals surface area contributed by atoms with Crippen molar-refractivity contribution in [3.8, 4) is 5.69 Å². The number of carbonyl (C=O) groups excluding carboxylic acids is 1. The minimum Gasteiger partial charge on any atom is -0.325 e. The molecule has 0 fully saturated rings. The van der Waals surface area contributed by atoms with Crippen molar-refractivity contribution in [3.05, 3.63) is 123 Å². The minimum absolute atomic E-state index is 0.162. The molecular formula is C30H27N5O2. The van der Waals surface area contributed by atoms with E-state index in [2.05, 4.69) is 23.0 Å². The summed E-state index contributed by atoms with van der Waals surface area (Å²) in [6.07, 6.45) is 2.71. The molecule has 0 aliphatic heterocycles. The van der Waals surface area contributed by atoms with E-state index in [1.165, 1.54) is 0 Å². The Labute approximate surface area is 214 Å². The zero-order chi connectivity index (χ0) is 25.4. The van der Waals surface area contributed by atoms with E-state index in [4.69, 9.17) is 5.10 Å². The Kier molecular flexibility index (Phi) is 5.88. The topological polar surface area (TPSA) is 83.9 Å². The number of carbonyl (C=O) groups is 1. The number of aromatic nitrogens is 4.